The molecule has 3 rings (SSSR count). The van der Waals surface area contributed by atoms with Crippen molar-refractivity contribution in [2.45, 2.75) is 6.92 Å². The number of anilines is 1. The molecule has 2 amide bonds. The smallest absolute Gasteiger partial charge is 0.254 e. The Balaban J connectivity index is 1.57. The molecule has 0 unspecified atom stereocenters. The molecule has 6 heteroatoms. The van der Waals surface area contributed by atoms with E-state index in [0.29, 0.717) is 43.3 Å². The second-order valence-corrected chi connectivity index (χ2v) is 5.75. The lowest BCUT2D eigenvalue weighted by Gasteiger charge is -2.26. The first kappa shape index (κ1) is 17.0. The first-order chi connectivity index (χ1) is 12.1. The van der Waals surface area contributed by atoms with Crippen LogP contribution in [-0.4, -0.2) is 43.0 Å². The van der Waals surface area contributed by atoms with Gasteiger partial charge in [-0.3, -0.25) is 9.59 Å². The molecule has 2 aromatic rings. The monoisotopic (exact) mass is 340 g/mol. The molecule has 1 saturated heterocycles. The summed E-state index contributed by atoms with van der Waals surface area (Å²) in [6.45, 7) is 4.20. The molecule has 1 fully saturated rings. The van der Waals surface area contributed by atoms with Gasteiger partial charge in [0.15, 0.2) is 0 Å². The minimum atomic E-state index is -0.263. The number of hydrogen-bond acceptors (Lipinski definition) is 4. The fraction of sp³-hybridized carbons (Fsp3) is 0.263. The van der Waals surface area contributed by atoms with Gasteiger partial charge in [-0.25, -0.2) is 0 Å². The molecule has 0 spiro atoms. The third kappa shape index (κ3) is 4.58. The summed E-state index contributed by atoms with van der Waals surface area (Å²) in [7, 11) is 0. The maximum absolute atomic E-state index is 12.4. The summed E-state index contributed by atoms with van der Waals surface area (Å²) < 4.78 is 10.6. The van der Waals surface area contributed by atoms with Crippen LogP contribution in [0.1, 0.15) is 21.9 Å². The van der Waals surface area contributed by atoms with Gasteiger partial charge in [-0.2, -0.15) is 0 Å². The molecule has 25 heavy (non-hydrogen) atoms. The van der Waals surface area contributed by atoms with Gasteiger partial charge in [-0.1, -0.05) is 0 Å². The van der Waals surface area contributed by atoms with E-state index in [4.69, 9.17) is 9.15 Å². The van der Waals surface area contributed by atoms with Crippen LogP contribution in [0.15, 0.2) is 46.9 Å². The molecular formula is C19H20N2O4. The third-order valence-corrected chi connectivity index (χ3v) is 3.86. The quantitative estimate of drug-likeness (QED) is 0.869. The van der Waals surface area contributed by atoms with Crippen LogP contribution in [0.4, 0.5) is 5.69 Å². The summed E-state index contributed by atoms with van der Waals surface area (Å²) in [6.07, 6.45) is 3.02. The summed E-state index contributed by atoms with van der Waals surface area (Å²) in [5.41, 5.74) is 1.23. The standard InChI is InChI=1S/C19H20N2O4/c1-14-2-7-17(25-14)8-9-18(22)20-16-5-3-15(4-6-16)19(23)21-10-12-24-13-11-21/h2-9H,10-13H2,1H3,(H,20,22)/b9-8+. The second-order valence-electron chi connectivity index (χ2n) is 5.75. The van der Waals surface area contributed by atoms with E-state index in [2.05, 4.69) is 5.32 Å². The SMILES string of the molecule is Cc1ccc(/C=C/C(=O)Nc2ccc(C(=O)N3CCOCC3)cc2)o1. The number of rotatable bonds is 4. The highest BCUT2D eigenvalue weighted by atomic mass is 16.5. The van der Waals surface area contributed by atoms with Crippen molar-refractivity contribution in [1.82, 2.24) is 4.90 Å². The Bertz CT molecular complexity index is 771. The summed E-state index contributed by atoms with van der Waals surface area (Å²) >= 11 is 0. The number of carbonyl (C=O) groups excluding carboxylic acids is 2. The molecule has 1 aliphatic rings. The van der Waals surface area contributed by atoms with E-state index < -0.39 is 0 Å². The highest BCUT2D eigenvalue weighted by Gasteiger charge is 2.18. The van der Waals surface area contributed by atoms with E-state index in [0.717, 1.165) is 5.76 Å². The minimum Gasteiger partial charge on any atom is -0.462 e. The number of carbonyl (C=O) groups is 2. The predicted molar refractivity (Wildman–Crippen MR) is 94.3 cm³/mol. The zero-order valence-electron chi connectivity index (χ0n) is 14.0. The van der Waals surface area contributed by atoms with Crippen LogP contribution < -0.4 is 5.32 Å². The average molecular weight is 340 g/mol. The van der Waals surface area contributed by atoms with E-state index in [9.17, 15) is 9.59 Å². The fourth-order valence-electron chi connectivity index (χ4n) is 2.53. The number of amides is 2. The van der Waals surface area contributed by atoms with Crippen molar-refractivity contribution in [2.24, 2.45) is 0 Å². The highest BCUT2D eigenvalue weighted by molar-refractivity contribution is 6.02. The molecule has 1 aromatic carbocycles. The largest absolute Gasteiger partial charge is 0.462 e. The number of hydrogen-bond donors (Lipinski definition) is 1. The average Bonchev–Trinajstić information content (AvgIpc) is 3.06. The van der Waals surface area contributed by atoms with Gasteiger partial charge in [0.25, 0.3) is 5.91 Å². The Labute approximate surface area is 146 Å². The normalized spacial score (nSPS) is 14.7. The van der Waals surface area contributed by atoms with Crippen LogP contribution in [0.25, 0.3) is 6.08 Å². The molecule has 0 saturated carbocycles. The molecule has 0 atom stereocenters. The first-order valence-corrected chi connectivity index (χ1v) is 8.14. The summed E-state index contributed by atoms with van der Waals surface area (Å²) in [5, 5.41) is 2.75. The van der Waals surface area contributed by atoms with Crippen molar-refractivity contribution >= 4 is 23.6 Å². The van der Waals surface area contributed by atoms with Crippen molar-refractivity contribution < 1.29 is 18.7 Å². The number of furan rings is 1. The van der Waals surface area contributed by atoms with Crippen molar-refractivity contribution in [1.29, 1.82) is 0 Å². The summed E-state index contributed by atoms with van der Waals surface area (Å²) in [5.74, 6) is 1.13. The van der Waals surface area contributed by atoms with Crippen molar-refractivity contribution in [2.75, 3.05) is 31.6 Å². The van der Waals surface area contributed by atoms with Crippen LogP contribution >= 0.6 is 0 Å². The predicted octanol–water partition coefficient (Wildman–Crippen LogP) is 2.71. The second kappa shape index (κ2) is 7.81. The van der Waals surface area contributed by atoms with Gasteiger partial charge in [0.05, 0.1) is 13.2 Å². The lowest BCUT2D eigenvalue weighted by Crippen LogP contribution is -2.40. The lowest BCUT2D eigenvalue weighted by atomic mass is 10.1. The third-order valence-electron chi connectivity index (χ3n) is 3.86. The van der Waals surface area contributed by atoms with Gasteiger partial charge in [0.1, 0.15) is 11.5 Å². The van der Waals surface area contributed by atoms with E-state index in [1.54, 1.807) is 41.3 Å². The Morgan fingerprint density at radius 2 is 1.80 bits per heavy atom. The maximum Gasteiger partial charge on any atom is 0.254 e. The zero-order valence-corrected chi connectivity index (χ0v) is 14.0. The molecule has 0 bridgehead atoms. The van der Waals surface area contributed by atoms with Crippen LogP contribution in [0.2, 0.25) is 0 Å². The molecule has 130 valence electrons. The summed E-state index contributed by atoms with van der Waals surface area (Å²) in [6, 6.07) is 10.5. The van der Waals surface area contributed by atoms with Crippen LogP contribution in [0.5, 0.6) is 0 Å². The van der Waals surface area contributed by atoms with Gasteiger partial charge in [0, 0.05) is 30.4 Å². The Morgan fingerprint density at radius 3 is 2.44 bits per heavy atom. The first-order valence-electron chi connectivity index (χ1n) is 8.14. The van der Waals surface area contributed by atoms with Gasteiger partial charge in [-0.05, 0) is 49.4 Å². The fourth-order valence-corrected chi connectivity index (χ4v) is 2.53. The van der Waals surface area contributed by atoms with Crippen LogP contribution in [0.3, 0.4) is 0 Å². The number of benzene rings is 1. The maximum atomic E-state index is 12.4. The van der Waals surface area contributed by atoms with Crippen LogP contribution in [0, 0.1) is 6.92 Å². The highest BCUT2D eigenvalue weighted by Crippen LogP contribution is 2.13. The molecule has 2 heterocycles. The number of nitrogens with one attached hydrogen (secondary N) is 1. The Hall–Kier alpha value is -2.86. The van der Waals surface area contributed by atoms with Crippen molar-refractivity contribution in [3.05, 3.63) is 59.6 Å². The molecule has 0 radical (unpaired) electrons. The topological polar surface area (TPSA) is 71.8 Å². The molecule has 1 aromatic heterocycles. The minimum absolute atomic E-state index is 0.0192. The molecule has 1 N–H and O–H groups in total. The van der Waals surface area contributed by atoms with Gasteiger partial charge in [-0.15, -0.1) is 0 Å². The van der Waals surface area contributed by atoms with E-state index >= 15 is 0 Å². The Kier molecular flexibility index (Phi) is 5.30. The molecular weight excluding hydrogens is 320 g/mol. The number of ether oxygens (including phenoxy) is 1. The van der Waals surface area contributed by atoms with Crippen molar-refractivity contribution in [3.8, 4) is 0 Å². The van der Waals surface area contributed by atoms with E-state index in [1.807, 2.05) is 13.0 Å². The lowest BCUT2D eigenvalue weighted by molar-refractivity contribution is -0.111. The molecule has 1 aliphatic heterocycles. The van der Waals surface area contributed by atoms with Gasteiger partial charge in [0.2, 0.25) is 5.91 Å². The molecule has 0 aliphatic carbocycles. The van der Waals surface area contributed by atoms with Crippen LogP contribution in [-0.2, 0) is 9.53 Å². The molecule has 6 nitrogen and oxygen atoms in total. The van der Waals surface area contributed by atoms with Gasteiger partial charge < -0.3 is 19.4 Å². The number of nitrogens with zero attached hydrogens (tertiary/aromatic N) is 1. The Morgan fingerprint density at radius 1 is 1.08 bits per heavy atom. The number of aryl methyl sites for hydroxylation is 1. The number of morpholine rings is 1. The zero-order chi connectivity index (χ0) is 17.6. The van der Waals surface area contributed by atoms with Crippen molar-refractivity contribution in [3.63, 3.8) is 0 Å². The summed E-state index contributed by atoms with van der Waals surface area (Å²) in [4.78, 5) is 26.1. The van der Waals surface area contributed by atoms with E-state index in [-0.39, 0.29) is 11.8 Å². The van der Waals surface area contributed by atoms with Gasteiger partial charge >= 0.3 is 0 Å². The van der Waals surface area contributed by atoms with E-state index in [1.165, 1.54) is 6.08 Å².